The van der Waals surface area contributed by atoms with Crippen LogP contribution in [0.3, 0.4) is 0 Å². The van der Waals surface area contributed by atoms with E-state index in [0.29, 0.717) is 23.7 Å². The topological polar surface area (TPSA) is 83.6 Å². The quantitative estimate of drug-likeness (QED) is 0.619. The Morgan fingerprint density at radius 2 is 2.33 bits per heavy atom. The van der Waals surface area contributed by atoms with Gasteiger partial charge in [0.2, 0.25) is 5.91 Å². The first-order valence-corrected chi connectivity index (χ1v) is 8.66. The lowest BCUT2D eigenvalue weighted by Gasteiger charge is -2.07. The van der Waals surface area contributed by atoms with Crippen LogP contribution in [-0.2, 0) is 11.3 Å². The molecule has 0 atom stereocenters. The number of anilines is 1. The zero-order valence-electron chi connectivity index (χ0n) is 13.1. The average molecular weight is 339 g/mol. The average Bonchev–Trinajstić information content (AvgIpc) is 3.36. The van der Waals surface area contributed by atoms with E-state index in [1.54, 1.807) is 24.3 Å². The molecule has 1 aliphatic carbocycles. The van der Waals surface area contributed by atoms with E-state index >= 15 is 0 Å². The van der Waals surface area contributed by atoms with Gasteiger partial charge in [0, 0.05) is 18.2 Å². The summed E-state index contributed by atoms with van der Waals surface area (Å²) in [7, 11) is 0. The second-order valence-electron chi connectivity index (χ2n) is 5.54. The Kier molecular flexibility index (Phi) is 4.96. The van der Waals surface area contributed by atoms with Gasteiger partial charge in [0.25, 0.3) is 0 Å². The van der Waals surface area contributed by atoms with Gasteiger partial charge in [-0.2, -0.15) is 5.26 Å². The van der Waals surface area contributed by atoms with E-state index in [1.165, 1.54) is 11.8 Å². The summed E-state index contributed by atoms with van der Waals surface area (Å²) in [6, 6.07) is 8.89. The van der Waals surface area contributed by atoms with Crippen LogP contribution in [0.15, 0.2) is 42.1 Å². The third kappa shape index (κ3) is 3.84. The molecule has 1 aliphatic rings. The van der Waals surface area contributed by atoms with Gasteiger partial charge in [-0.15, -0.1) is 16.8 Å². The summed E-state index contributed by atoms with van der Waals surface area (Å²) in [5, 5.41) is 20.9. The van der Waals surface area contributed by atoms with E-state index in [9.17, 15) is 4.79 Å². The molecule has 7 heteroatoms. The number of nitrogens with one attached hydrogen (secondary N) is 1. The molecular weight excluding hydrogens is 322 g/mol. The molecule has 3 rings (SSSR count). The van der Waals surface area contributed by atoms with Gasteiger partial charge in [-0.25, -0.2) is 0 Å². The highest BCUT2D eigenvalue weighted by molar-refractivity contribution is 7.99. The molecule has 1 heterocycles. The molecule has 0 spiro atoms. The molecule has 24 heavy (non-hydrogen) atoms. The number of hydrogen-bond donors (Lipinski definition) is 1. The number of hydrogen-bond acceptors (Lipinski definition) is 5. The zero-order valence-corrected chi connectivity index (χ0v) is 13.9. The molecule has 0 radical (unpaired) electrons. The molecule has 1 fully saturated rings. The van der Waals surface area contributed by atoms with Crippen molar-refractivity contribution in [3.63, 3.8) is 0 Å². The second-order valence-corrected chi connectivity index (χ2v) is 6.49. The van der Waals surface area contributed by atoms with Crippen LogP contribution < -0.4 is 5.32 Å². The number of aromatic nitrogens is 3. The van der Waals surface area contributed by atoms with Crippen LogP contribution in [0.25, 0.3) is 0 Å². The first kappa shape index (κ1) is 16.3. The zero-order chi connectivity index (χ0) is 16.9. The Hall–Kier alpha value is -2.59. The Morgan fingerprint density at radius 3 is 3.04 bits per heavy atom. The fourth-order valence-corrected chi connectivity index (χ4v) is 3.10. The molecule has 0 unspecified atom stereocenters. The third-order valence-corrected chi connectivity index (χ3v) is 4.57. The van der Waals surface area contributed by atoms with E-state index in [2.05, 4.69) is 28.2 Å². The molecule has 0 bridgehead atoms. The number of allylic oxidation sites excluding steroid dienone is 1. The Balaban J connectivity index is 1.62. The third-order valence-electron chi connectivity index (χ3n) is 3.61. The van der Waals surface area contributed by atoms with Crippen molar-refractivity contribution in [3.8, 4) is 6.07 Å². The maximum absolute atomic E-state index is 12.1. The number of benzene rings is 1. The van der Waals surface area contributed by atoms with Crippen molar-refractivity contribution < 1.29 is 4.79 Å². The summed E-state index contributed by atoms with van der Waals surface area (Å²) in [5.74, 6) is 1.57. The number of nitriles is 1. The smallest absolute Gasteiger partial charge is 0.234 e. The van der Waals surface area contributed by atoms with Crippen molar-refractivity contribution in [1.82, 2.24) is 14.8 Å². The lowest BCUT2D eigenvalue weighted by molar-refractivity contribution is -0.113. The number of nitrogens with zero attached hydrogens (tertiary/aromatic N) is 4. The van der Waals surface area contributed by atoms with Gasteiger partial charge >= 0.3 is 0 Å². The van der Waals surface area contributed by atoms with Gasteiger partial charge in [-0.3, -0.25) is 4.79 Å². The Bertz CT molecular complexity index is 804. The van der Waals surface area contributed by atoms with Crippen LogP contribution in [0.5, 0.6) is 0 Å². The van der Waals surface area contributed by atoms with E-state index < -0.39 is 0 Å². The second kappa shape index (κ2) is 7.32. The molecule has 6 nitrogen and oxygen atoms in total. The molecule has 0 saturated heterocycles. The van der Waals surface area contributed by atoms with Crippen molar-refractivity contribution in [2.75, 3.05) is 11.1 Å². The highest BCUT2D eigenvalue weighted by Crippen LogP contribution is 2.40. The van der Waals surface area contributed by atoms with Gasteiger partial charge < -0.3 is 9.88 Å². The number of carbonyl (C=O) groups is 1. The minimum atomic E-state index is -0.142. The highest BCUT2D eigenvalue weighted by Gasteiger charge is 2.30. The van der Waals surface area contributed by atoms with Crippen LogP contribution in [-0.4, -0.2) is 26.4 Å². The minimum absolute atomic E-state index is 0.142. The molecule has 1 N–H and O–H groups in total. The van der Waals surface area contributed by atoms with Gasteiger partial charge in [0.1, 0.15) is 5.82 Å². The first-order valence-electron chi connectivity index (χ1n) is 7.68. The van der Waals surface area contributed by atoms with E-state index in [-0.39, 0.29) is 11.7 Å². The van der Waals surface area contributed by atoms with Crippen molar-refractivity contribution in [2.24, 2.45) is 0 Å². The van der Waals surface area contributed by atoms with Gasteiger partial charge in [0.05, 0.1) is 17.4 Å². The number of carbonyl (C=O) groups excluding carboxylic acids is 1. The fraction of sp³-hybridized carbons (Fsp3) is 0.294. The van der Waals surface area contributed by atoms with E-state index in [0.717, 1.165) is 23.8 Å². The fourth-order valence-electron chi connectivity index (χ4n) is 2.34. The summed E-state index contributed by atoms with van der Waals surface area (Å²) in [6.07, 6.45) is 4.11. The standard InChI is InChI=1S/C17H17N5OS/c1-2-8-22-16(13-6-7-13)20-21-17(22)24-11-15(23)19-14-5-3-4-12(9-14)10-18/h2-5,9,13H,1,6-8,11H2,(H,19,23). The lowest BCUT2D eigenvalue weighted by atomic mass is 10.2. The predicted molar refractivity (Wildman–Crippen MR) is 92.7 cm³/mol. The summed E-state index contributed by atoms with van der Waals surface area (Å²) in [5.41, 5.74) is 1.13. The van der Waals surface area contributed by atoms with Gasteiger partial charge in [0.15, 0.2) is 5.16 Å². The lowest BCUT2D eigenvalue weighted by Crippen LogP contribution is -2.14. The van der Waals surface area contributed by atoms with Gasteiger partial charge in [-0.1, -0.05) is 23.9 Å². The van der Waals surface area contributed by atoms with Crippen molar-refractivity contribution in [3.05, 3.63) is 48.3 Å². The largest absolute Gasteiger partial charge is 0.325 e. The van der Waals surface area contributed by atoms with Crippen LogP contribution in [0.4, 0.5) is 5.69 Å². The molecule has 0 aliphatic heterocycles. The van der Waals surface area contributed by atoms with Crippen LogP contribution in [0, 0.1) is 11.3 Å². The number of thioether (sulfide) groups is 1. The summed E-state index contributed by atoms with van der Waals surface area (Å²) in [6.45, 7) is 4.42. The van der Waals surface area contributed by atoms with Crippen LogP contribution in [0.1, 0.15) is 30.1 Å². The summed E-state index contributed by atoms with van der Waals surface area (Å²) < 4.78 is 2.03. The predicted octanol–water partition coefficient (Wildman–Crippen LogP) is 2.94. The first-order chi connectivity index (χ1) is 11.7. The normalized spacial score (nSPS) is 13.3. The number of rotatable bonds is 7. The molecule has 1 amide bonds. The van der Waals surface area contributed by atoms with Crippen LogP contribution in [0.2, 0.25) is 0 Å². The molecular formula is C17H17N5OS. The van der Waals surface area contributed by atoms with Crippen molar-refractivity contribution in [2.45, 2.75) is 30.5 Å². The Morgan fingerprint density at radius 1 is 1.50 bits per heavy atom. The molecule has 122 valence electrons. The maximum Gasteiger partial charge on any atom is 0.234 e. The monoisotopic (exact) mass is 339 g/mol. The summed E-state index contributed by atoms with van der Waals surface area (Å²) in [4.78, 5) is 12.1. The van der Waals surface area contributed by atoms with Gasteiger partial charge in [-0.05, 0) is 31.0 Å². The SMILES string of the molecule is C=CCn1c(SCC(=O)Nc2cccc(C#N)c2)nnc1C1CC1. The number of amides is 1. The molecule has 1 saturated carbocycles. The Labute approximate surface area is 144 Å². The highest BCUT2D eigenvalue weighted by atomic mass is 32.2. The van der Waals surface area contributed by atoms with E-state index in [4.69, 9.17) is 5.26 Å². The van der Waals surface area contributed by atoms with Crippen LogP contribution >= 0.6 is 11.8 Å². The summed E-state index contributed by atoms with van der Waals surface area (Å²) >= 11 is 1.35. The minimum Gasteiger partial charge on any atom is -0.325 e. The molecule has 1 aromatic heterocycles. The maximum atomic E-state index is 12.1. The van der Waals surface area contributed by atoms with Crippen molar-refractivity contribution in [1.29, 1.82) is 5.26 Å². The van der Waals surface area contributed by atoms with Crippen molar-refractivity contribution >= 4 is 23.4 Å². The molecule has 2 aromatic rings. The van der Waals surface area contributed by atoms with E-state index in [1.807, 2.05) is 10.6 Å². The molecule has 1 aromatic carbocycles.